The molecule has 16 nitrogen and oxygen atoms in total. The molecule has 8 atom stereocenters. The molecule has 5 fully saturated rings. The minimum absolute atomic E-state index is 0.00335. The topological polar surface area (TPSA) is 189 Å². The molecule has 5 aliphatic heterocycles. The van der Waals surface area contributed by atoms with Gasteiger partial charge in [-0.15, -0.1) is 17.8 Å². The van der Waals surface area contributed by atoms with Crippen LogP contribution in [0.3, 0.4) is 0 Å². The summed E-state index contributed by atoms with van der Waals surface area (Å²) in [5.74, 6) is 0.523. The maximum Gasteiger partial charge on any atom is 0.319 e. The third-order valence-electron chi connectivity index (χ3n) is 16.8. The molecule has 0 saturated carbocycles. The Morgan fingerprint density at radius 2 is 1.78 bits per heavy atom. The van der Waals surface area contributed by atoms with E-state index in [4.69, 9.17) is 21.1 Å². The SMILES string of the molecule is C#Cc1c(F)ccc2cc(O)cc(-c3ncc4c(N5CC6CCC(C5)N6)nc(OC[C@@H]5CCCN5CCCC5CCC(=O)N5[C@H](C(=O)N5C[C@H](O)C[C@H]5C(=O)N[C@@H](C)c5ccc(-c6scnc6C)cc5)C(C)(C)C)nc4c3F)c12. The van der Waals surface area contributed by atoms with Gasteiger partial charge in [-0.1, -0.05) is 57.0 Å². The fourth-order valence-electron chi connectivity index (χ4n) is 13.0. The fourth-order valence-corrected chi connectivity index (χ4v) is 13.8. The number of β-amino-alcohol motifs (C(OH)–C–C–N with tert-alkyl or cyclic N) is 1. The van der Waals surface area contributed by atoms with Gasteiger partial charge in [0.15, 0.2) is 5.82 Å². The maximum absolute atomic E-state index is 17.3. The van der Waals surface area contributed by atoms with Crippen LogP contribution in [-0.2, 0) is 14.4 Å². The first-order valence-corrected chi connectivity index (χ1v) is 28.6. The van der Waals surface area contributed by atoms with Crippen LogP contribution < -0.4 is 20.3 Å². The number of nitrogens with one attached hydrogen (secondary N) is 2. The second-order valence-electron chi connectivity index (χ2n) is 23.3. The van der Waals surface area contributed by atoms with Crippen molar-refractivity contribution in [3.05, 3.63) is 88.7 Å². The molecule has 19 heteroatoms. The van der Waals surface area contributed by atoms with Crippen LogP contribution in [0.2, 0.25) is 0 Å². The number of carbonyl (C=O) groups is 3. The second-order valence-corrected chi connectivity index (χ2v) is 24.1. The van der Waals surface area contributed by atoms with Gasteiger partial charge < -0.3 is 40.3 Å². The van der Waals surface area contributed by atoms with Crippen LogP contribution in [0, 0.1) is 36.3 Å². The number of likely N-dealkylation sites (tertiary alicyclic amines) is 3. The molecule has 5 aliphatic rings. The molecular weight excluding hydrogens is 1030 g/mol. The van der Waals surface area contributed by atoms with Gasteiger partial charge in [0.1, 0.15) is 47.3 Å². The molecule has 0 spiro atoms. The summed E-state index contributed by atoms with van der Waals surface area (Å²) in [6, 6.07) is 11.6. The summed E-state index contributed by atoms with van der Waals surface area (Å²) in [4.78, 5) is 70.4. The highest BCUT2D eigenvalue weighted by atomic mass is 32.1. The van der Waals surface area contributed by atoms with Crippen molar-refractivity contribution in [2.45, 2.75) is 141 Å². The Morgan fingerprint density at radius 1 is 1.01 bits per heavy atom. The highest BCUT2D eigenvalue weighted by molar-refractivity contribution is 7.13. The number of aromatic hydroxyl groups is 1. The Bertz CT molecular complexity index is 3350. The number of aliphatic hydroxyl groups is 1. The molecule has 0 radical (unpaired) electrons. The van der Waals surface area contributed by atoms with Crippen molar-refractivity contribution in [2.75, 3.05) is 44.2 Å². The first-order valence-electron chi connectivity index (χ1n) is 27.7. The number of terminal acetylenes is 1. The van der Waals surface area contributed by atoms with Crippen LogP contribution in [0.5, 0.6) is 11.8 Å². The van der Waals surface area contributed by atoms with Gasteiger partial charge in [0.2, 0.25) is 17.7 Å². The third kappa shape index (κ3) is 10.7. The van der Waals surface area contributed by atoms with Crippen molar-refractivity contribution >= 4 is 56.6 Å². The number of carbonyl (C=O) groups excluding carboxylic acids is 3. The fraction of sp³-hybridized carbons (Fsp3) is 0.483. The van der Waals surface area contributed by atoms with Crippen LogP contribution in [-0.4, -0.2) is 144 Å². The number of thiazole rings is 1. The van der Waals surface area contributed by atoms with Crippen molar-refractivity contribution in [2.24, 2.45) is 5.41 Å². The Kier molecular flexibility index (Phi) is 15.1. The van der Waals surface area contributed by atoms with Crippen molar-refractivity contribution < 1.29 is 38.1 Å². The zero-order valence-electron chi connectivity index (χ0n) is 45.3. The molecule has 0 aliphatic carbocycles. The molecule has 3 unspecified atom stereocenters. The molecule has 5 saturated heterocycles. The van der Waals surface area contributed by atoms with E-state index in [2.05, 4.69) is 36.3 Å². The van der Waals surface area contributed by atoms with E-state index >= 15 is 8.78 Å². The molecule has 3 aromatic carbocycles. The Hall–Kier alpha value is -6.85. The predicted molar refractivity (Wildman–Crippen MR) is 299 cm³/mol. The minimum atomic E-state index is -0.906. The average molecular weight is 1100 g/mol. The van der Waals surface area contributed by atoms with E-state index in [-0.39, 0.29) is 107 Å². The smallest absolute Gasteiger partial charge is 0.319 e. The summed E-state index contributed by atoms with van der Waals surface area (Å²) >= 11 is 1.58. The van der Waals surface area contributed by atoms with Crippen LogP contribution in [0.1, 0.15) is 108 Å². The number of aryl methyl sites for hydroxylation is 1. The summed E-state index contributed by atoms with van der Waals surface area (Å²) in [6.45, 7) is 12.8. The second kappa shape index (κ2) is 22.0. The number of benzene rings is 3. The molecule has 2 bridgehead atoms. The van der Waals surface area contributed by atoms with Gasteiger partial charge in [0, 0.05) is 73.8 Å². The zero-order valence-corrected chi connectivity index (χ0v) is 46.2. The summed E-state index contributed by atoms with van der Waals surface area (Å²) in [5.41, 5.74) is 3.93. The van der Waals surface area contributed by atoms with Crippen molar-refractivity contribution in [1.82, 2.24) is 45.3 Å². The van der Waals surface area contributed by atoms with Crippen molar-refractivity contribution in [3.63, 3.8) is 0 Å². The minimum Gasteiger partial charge on any atom is -0.508 e. The van der Waals surface area contributed by atoms with Gasteiger partial charge in [-0.25, -0.2) is 13.8 Å². The number of hydrogen-bond donors (Lipinski definition) is 4. The number of fused-ring (bicyclic) bond motifs is 4. The highest BCUT2D eigenvalue weighted by Crippen LogP contribution is 2.41. The summed E-state index contributed by atoms with van der Waals surface area (Å²) in [7, 11) is 0. The Labute approximate surface area is 463 Å². The normalized spacial score (nSPS) is 23.2. The number of anilines is 1. The zero-order chi connectivity index (χ0) is 55.4. The van der Waals surface area contributed by atoms with Crippen LogP contribution in [0.4, 0.5) is 14.6 Å². The van der Waals surface area contributed by atoms with Crippen LogP contribution >= 0.6 is 11.3 Å². The maximum atomic E-state index is 17.3. The number of aromatic nitrogens is 4. The standard InChI is InChI=1S/C60H68F2N10O6S/c1-7-44-47(61)20-16-37-24-42(73)25-45(50(37)44)52-51(62)53-46(27-63-52)56(70-28-38-17-18-39(29-70)66-38)68-59(67-53)78-31-41-11-9-23-69(41)22-8-10-40-19-21-49(75)72(40)55(60(4,5)6)58(77)71-30-43(74)26-48(71)57(76)65-33(2)35-12-14-36(15-13-35)54-34(3)64-32-79-54/h1,12-16,20,24-25,27,32-33,38-41,43,48,55,66,73-74H,8-11,17-19,21-23,26,28-31H2,2-6H3,(H,65,76)/t33-,38?,39?,40?,41-,43+,48-,55+/m0/s1. The number of rotatable bonds is 15. The number of piperazine rings is 1. The van der Waals surface area contributed by atoms with E-state index in [1.807, 2.05) is 64.4 Å². The third-order valence-corrected chi connectivity index (χ3v) is 17.8. The molecule has 8 heterocycles. The van der Waals surface area contributed by atoms with E-state index in [1.54, 1.807) is 16.2 Å². The highest BCUT2D eigenvalue weighted by Gasteiger charge is 2.50. The van der Waals surface area contributed by atoms with E-state index in [0.29, 0.717) is 55.5 Å². The van der Waals surface area contributed by atoms with Gasteiger partial charge in [0.05, 0.1) is 39.2 Å². The summed E-state index contributed by atoms with van der Waals surface area (Å²) < 4.78 is 38.9. The molecule has 6 aromatic rings. The van der Waals surface area contributed by atoms with E-state index < -0.39 is 35.2 Å². The monoisotopic (exact) mass is 1090 g/mol. The van der Waals surface area contributed by atoms with Crippen molar-refractivity contribution in [3.8, 4) is 45.8 Å². The van der Waals surface area contributed by atoms with Gasteiger partial charge in [0.25, 0.3) is 0 Å². The lowest BCUT2D eigenvalue weighted by atomic mass is 9.83. The number of phenols is 1. The molecule has 3 amide bonds. The quantitative estimate of drug-likeness (QED) is 0.0724. The van der Waals surface area contributed by atoms with Gasteiger partial charge in [-0.3, -0.25) is 24.3 Å². The molecule has 79 heavy (non-hydrogen) atoms. The first kappa shape index (κ1) is 54.1. The van der Waals surface area contributed by atoms with Gasteiger partial charge in [-0.05, 0) is 112 Å². The molecular formula is C60H68F2N10O6S. The first-order chi connectivity index (χ1) is 37.9. The molecule has 414 valence electrons. The molecule has 11 rings (SSSR count). The Morgan fingerprint density at radius 3 is 2.51 bits per heavy atom. The summed E-state index contributed by atoms with van der Waals surface area (Å²) in [5, 5.41) is 29.6. The van der Waals surface area contributed by atoms with E-state index in [9.17, 15) is 24.6 Å². The van der Waals surface area contributed by atoms with Gasteiger partial charge >= 0.3 is 6.01 Å². The molecule has 4 N–H and O–H groups in total. The lowest BCUT2D eigenvalue weighted by molar-refractivity contribution is -0.152. The number of halogens is 2. The lowest BCUT2D eigenvalue weighted by Gasteiger charge is -2.43. The van der Waals surface area contributed by atoms with Crippen molar-refractivity contribution in [1.29, 1.82) is 0 Å². The van der Waals surface area contributed by atoms with Crippen LogP contribution in [0.25, 0.3) is 43.4 Å². The summed E-state index contributed by atoms with van der Waals surface area (Å²) in [6.07, 6.45) is 12.6. The average Bonchev–Trinajstić information content (AvgIpc) is 4.40. The number of nitrogens with zero attached hydrogens (tertiary/aromatic N) is 8. The number of amides is 3. The lowest BCUT2D eigenvalue weighted by Crippen LogP contribution is -2.59. The number of phenolic OH excluding ortho intramolecular Hbond substituents is 1. The Balaban J connectivity index is 0.776. The van der Waals surface area contributed by atoms with E-state index in [0.717, 1.165) is 60.3 Å². The van der Waals surface area contributed by atoms with Crippen LogP contribution in [0.15, 0.2) is 60.2 Å². The molecule has 3 aromatic heterocycles. The predicted octanol–water partition coefficient (Wildman–Crippen LogP) is 8.05. The largest absolute Gasteiger partial charge is 0.508 e. The van der Waals surface area contributed by atoms with Gasteiger partial charge in [-0.2, -0.15) is 9.97 Å². The van der Waals surface area contributed by atoms with E-state index in [1.165, 1.54) is 35.4 Å². The number of hydrogen-bond acceptors (Lipinski definition) is 14. The number of pyridine rings is 1. The number of ether oxygens (including phenoxy) is 1. The number of aliphatic hydroxyl groups excluding tert-OH is 1.